The Hall–Kier alpha value is -1.77. The summed E-state index contributed by atoms with van der Waals surface area (Å²) in [7, 11) is 0. The van der Waals surface area contributed by atoms with Crippen molar-refractivity contribution in [2.75, 3.05) is 11.9 Å². The van der Waals surface area contributed by atoms with E-state index >= 15 is 0 Å². The zero-order valence-corrected chi connectivity index (χ0v) is 8.85. The molecule has 0 amide bonds. The SMILES string of the molecule is Cc1nccn1CCNc1ccccc1. The predicted octanol–water partition coefficient (Wildman–Crippen LogP) is 2.30. The van der Waals surface area contributed by atoms with Gasteiger partial charge in [0, 0.05) is 31.2 Å². The van der Waals surface area contributed by atoms with Gasteiger partial charge in [0.15, 0.2) is 0 Å². The molecular weight excluding hydrogens is 186 g/mol. The molecule has 15 heavy (non-hydrogen) atoms. The summed E-state index contributed by atoms with van der Waals surface area (Å²) in [6, 6.07) is 10.2. The highest BCUT2D eigenvalue weighted by atomic mass is 15.1. The van der Waals surface area contributed by atoms with Crippen molar-refractivity contribution in [1.82, 2.24) is 9.55 Å². The second-order valence-electron chi connectivity index (χ2n) is 3.46. The third kappa shape index (κ3) is 2.59. The Morgan fingerprint density at radius 3 is 2.73 bits per heavy atom. The van der Waals surface area contributed by atoms with E-state index in [4.69, 9.17) is 0 Å². The van der Waals surface area contributed by atoms with E-state index in [-0.39, 0.29) is 0 Å². The van der Waals surface area contributed by atoms with Crippen LogP contribution in [0.2, 0.25) is 0 Å². The number of aryl methyl sites for hydroxylation is 1. The molecule has 1 aromatic heterocycles. The number of imidazole rings is 1. The summed E-state index contributed by atoms with van der Waals surface area (Å²) in [6.45, 7) is 3.88. The first kappa shape index (κ1) is 9.77. The fourth-order valence-corrected chi connectivity index (χ4v) is 1.52. The summed E-state index contributed by atoms with van der Waals surface area (Å²) in [6.07, 6.45) is 3.83. The van der Waals surface area contributed by atoms with E-state index in [1.54, 1.807) is 0 Å². The normalized spacial score (nSPS) is 10.2. The van der Waals surface area contributed by atoms with Crippen molar-refractivity contribution >= 4 is 5.69 Å². The average molecular weight is 201 g/mol. The van der Waals surface area contributed by atoms with E-state index in [1.165, 1.54) is 0 Å². The fraction of sp³-hybridized carbons (Fsp3) is 0.250. The quantitative estimate of drug-likeness (QED) is 0.822. The Balaban J connectivity index is 1.83. The topological polar surface area (TPSA) is 29.9 Å². The monoisotopic (exact) mass is 201 g/mol. The number of hydrogen-bond donors (Lipinski definition) is 1. The lowest BCUT2D eigenvalue weighted by molar-refractivity contribution is 0.701. The molecule has 0 aliphatic heterocycles. The van der Waals surface area contributed by atoms with Gasteiger partial charge in [-0.2, -0.15) is 0 Å². The molecule has 0 aliphatic carbocycles. The fourth-order valence-electron chi connectivity index (χ4n) is 1.52. The molecule has 0 aliphatic rings. The van der Waals surface area contributed by atoms with Crippen molar-refractivity contribution in [3.8, 4) is 0 Å². The van der Waals surface area contributed by atoms with Crippen molar-refractivity contribution < 1.29 is 0 Å². The lowest BCUT2D eigenvalue weighted by atomic mass is 10.3. The van der Waals surface area contributed by atoms with Gasteiger partial charge in [0.05, 0.1) is 0 Å². The third-order valence-electron chi connectivity index (χ3n) is 2.38. The van der Waals surface area contributed by atoms with E-state index in [0.717, 1.165) is 24.6 Å². The van der Waals surface area contributed by atoms with Gasteiger partial charge in [0.1, 0.15) is 5.82 Å². The molecule has 78 valence electrons. The molecule has 0 spiro atoms. The summed E-state index contributed by atoms with van der Waals surface area (Å²) in [5.41, 5.74) is 1.16. The Labute approximate surface area is 89.8 Å². The number of anilines is 1. The Bertz CT molecular complexity index is 406. The first-order valence-electron chi connectivity index (χ1n) is 5.13. The minimum atomic E-state index is 0.918. The highest BCUT2D eigenvalue weighted by Gasteiger charge is 1.95. The van der Waals surface area contributed by atoms with Gasteiger partial charge < -0.3 is 9.88 Å². The highest BCUT2D eigenvalue weighted by molar-refractivity contribution is 5.42. The van der Waals surface area contributed by atoms with Gasteiger partial charge in [0.25, 0.3) is 0 Å². The number of rotatable bonds is 4. The van der Waals surface area contributed by atoms with Gasteiger partial charge in [-0.05, 0) is 19.1 Å². The zero-order chi connectivity index (χ0) is 10.5. The minimum Gasteiger partial charge on any atom is -0.383 e. The molecule has 0 saturated carbocycles. The van der Waals surface area contributed by atoms with E-state index in [9.17, 15) is 0 Å². The van der Waals surface area contributed by atoms with Gasteiger partial charge in [0.2, 0.25) is 0 Å². The van der Waals surface area contributed by atoms with Crippen molar-refractivity contribution in [3.05, 3.63) is 48.5 Å². The molecule has 3 heteroatoms. The Morgan fingerprint density at radius 1 is 1.27 bits per heavy atom. The molecule has 2 rings (SSSR count). The summed E-state index contributed by atoms with van der Waals surface area (Å²) in [5.74, 6) is 1.06. The molecule has 0 unspecified atom stereocenters. The van der Waals surface area contributed by atoms with Crippen LogP contribution in [0.1, 0.15) is 5.82 Å². The number of hydrogen-bond acceptors (Lipinski definition) is 2. The van der Waals surface area contributed by atoms with Crippen LogP contribution in [0.5, 0.6) is 0 Å². The minimum absolute atomic E-state index is 0.918. The van der Waals surface area contributed by atoms with Crippen LogP contribution in [0.3, 0.4) is 0 Å². The van der Waals surface area contributed by atoms with Crippen molar-refractivity contribution in [1.29, 1.82) is 0 Å². The summed E-state index contributed by atoms with van der Waals surface area (Å²) < 4.78 is 2.13. The van der Waals surface area contributed by atoms with Gasteiger partial charge in [-0.1, -0.05) is 18.2 Å². The molecule has 1 heterocycles. The molecule has 0 bridgehead atoms. The molecule has 1 N–H and O–H groups in total. The van der Waals surface area contributed by atoms with Gasteiger partial charge in [-0.25, -0.2) is 4.98 Å². The van der Waals surface area contributed by atoms with Crippen LogP contribution in [0, 0.1) is 6.92 Å². The average Bonchev–Trinajstić information content (AvgIpc) is 2.66. The van der Waals surface area contributed by atoms with Crippen molar-refractivity contribution in [2.24, 2.45) is 0 Å². The van der Waals surface area contributed by atoms with Crippen LogP contribution >= 0.6 is 0 Å². The number of nitrogens with zero attached hydrogens (tertiary/aromatic N) is 2. The summed E-state index contributed by atoms with van der Waals surface area (Å²) in [5, 5.41) is 3.36. The number of benzene rings is 1. The first-order chi connectivity index (χ1) is 7.36. The van der Waals surface area contributed by atoms with Crippen LogP contribution in [0.4, 0.5) is 5.69 Å². The second-order valence-corrected chi connectivity index (χ2v) is 3.46. The molecule has 0 radical (unpaired) electrons. The summed E-state index contributed by atoms with van der Waals surface area (Å²) in [4.78, 5) is 4.18. The lowest BCUT2D eigenvalue weighted by Crippen LogP contribution is -2.10. The highest BCUT2D eigenvalue weighted by Crippen LogP contribution is 2.04. The maximum Gasteiger partial charge on any atom is 0.105 e. The molecule has 2 aromatic rings. The molecule has 3 nitrogen and oxygen atoms in total. The maximum atomic E-state index is 4.18. The van der Waals surface area contributed by atoms with Crippen LogP contribution in [0.15, 0.2) is 42.7 Å². The second kappa shape index (κ2) is 4.64. The predicted molar refractivity (Wildman–Crippen MR) is 61.9 cm³/mol. The maximum absolute atomic E-state index is 4.18. The standard InChI is InChI=1S/C12H15N3/c1-11-13-7-9-15(11)10-8-14-12-5-3-2-4-6-12/h2-7,9,14H,8,10H2,1H3. The van der Waals surface area contributed by atoms with E-state index in [1.807, 2.05) is 37.5 Å². The molecule has 0 saturated heterocycles. The third-order valence-corrected chi connectivity index (χ3v) is 2.38. The van der Waals surface area contributed by atoms with Crippen LogP contribution in [-0.4, -0.2) is 16.1 Å². The van der Waals surface area contributed by atoms with Crippen LogP contribution in [0.25, 0.3) is 0 Å². The zero-order valence-electron chi connectivity index (χ0n) is 8.85. The molecular formula is C12H15N3. The first-order valence-corrected chi connectivity index (χ1v) is 5.13. The van der Waals surface area contributed by atoms with Gasteiger partial charge in [-0.15, -0.1) is 0 Å². The van der Waals surface area contributed by atoms with Crippen molar-refractivity contribution in [3.63, 3.8) is 0 Å². The van der Waals surface area contributed by atoms with Gasteiger partial charge in [-0.3, -0.25) is 0 Å². The van der Waals surface area contributed by atoms with Crippen LogP contribution < -0.4 is 5.32 Å². The van der Waals surface area contributed by atoms with E-state index < -0.39 is 0 Å². The smallest absolute Gasteiger partial charge is 0.105 e. The number of nitrogens with one attached hydrogen (secondary N) is 1. The Kier molecular flexibility index (Phi) is 3.02. The largest absolute Gasteiger partial charge is 0.383 e. The van der Waals surface area contributed by atoms with Crippen LogP contribution in [-0.2, 0) is 6.54 Å². The van der Waals surface area contributed by atoms with E-state index in [0.29, 0.717) is 0 Å². The number of aromatic nitrogens is 2. The van der Waals surface area contributed by atoms with Gasteiger partial charge >= 0.3 is 0 Å². The molecule has 1 aromatic carbocycles. The Morgan fingerprint density at radius 2 is 2.07 bits per heavy atom. The lowest BCUT2D eigenvalue weighted by Gasteiger charge is -2.07. The summed E-state index contributed by atoms with van der Waals surface area (Å²) >= 11 is 0. The molecule has 0 atom stereocenters. The molecule has 0 fully saturated rings. The van der Waals surface area contributed by atoms with Crippen molar-refractivity contribution in [2.45, 2.75) is 13.5 Å². The number of para-hydroxylation sites is 1. The van der Waals surface area contributed by atoms with E-state index in [2.05, 4.69) is 27.0 Å².